The number of carbonyl (C=O) groups excluding carboxylic acids is 2. The fourth-order valence-electron chi connectivity index (χ4n) is 2.39. The molecular formula is C16H14ClN3O2. The quantitative estimate of drug-likeness (QED) is 0.680. The number of benzene rings is 1. The lowest BCUT2D eigenvalue weighted by Gasteiger charge is -2.14. The van der Waals surface area contributed by atoms with Crippen LogP contribution in [0.15, 0.2) is 42.6 Å². The van der Waals surface area contributed by atoms with Crippen LogP contribution in [0.2, 0.25) is 5.02 Å². The highest BCUT2D eigenvalue weighted by Gasteiger charge is 2.22. The molecule has 0 bridgehead atoms. The van der Waals surface area contributed by atoms with Gasteiger partial charge in [-0.2, -0.15) is 0 Å². The molecule has 1 aliphatic rings. The van der Waals surface area contributed by atoms with Crippen LogP contribution in [0, 0.1) is 0 Å². The summed E-state index contributed by atoms with van der Waals surface area (Å²) in [6.45, 7) is 1.06. The minimum Gasteiger partial charge on any atom is -0.384 e. The predicted octanol–water partition coefficient (Wildman–Crippen LogP) is 2.62. The van der Waals surface area contributed by atoms with Crippen molar-refractivity contribution in [1.82, 2.24) is 9.88 Å². The Hall–Kier alpha value is -2.40. The fourth-order valence-corrected chi connectivity index (χ4v) is 2.55. The van der Waals surface area contributed by atoms with E-state index in [0.29, 0.717) is 24.5 Å². The van der Waals surface area contributed by atoms with E-state index in [9.17, 15) is 9.59 Å². The van der Waals surface area contributed by atoms with Crippen LogP contribution in [0.4, 0.5) is 5.69 Å². The maximum Gasteiger partial charge on any atom is 0.253 e. The smallest absolute Gasteiger partial charge is 0.253 e. The van der Waals surface area contributed by atoms with Crippen molar-refractivity contribution in [3.8, 4) is 0 Å². The molecule has 2 heterocycles. The average molecular weight is 316 g/mol. The topological polar surface area (TPSA) is 62.3 Å². The van der Waals surface area contributed by atoms with Crippen molar-refractivity contribution in [2.45, 2.75) is 6.42 Å². The zero-order valence-electron chi connectivity index (χ0n) is 11.8. The summed E-state index contributed by atoms with van der Waals surface area (Å²) in [4.78, 5) is 28.4. The predicted molar refractivity (Wildman–Crippen MR) is 85.7 cm³/mol. The number of aromatic nitrogens is 1. The molecule has 5 nitrogen and oxygen atoms in total. The van der Waals surface area contributed by atoms with Crippen molar-refractivity contribution < 1.29 is 9.59 Å². The maximum atomic E-state index is 11.4. The molecule has 0 saturated heterocycles. The number of pyridine rings is 1. The lowest BCUT2D eigenvalue weighted by atomic mass is 10.2. The highest BCUT2D eigenvalue weighted by molar-refractivity contribution is 6.31. The van der Waals surface area contributed by atoms with E-state index in [4.69, 9.17) is 11.6 Å². The summed E-state index contributed by atoms with van der Waals surface area (Å²) in [5.74, 6) is -0.483. The van der Waals surface area contributed by atoms with Gasteiger partial charge in [-0.25, -0.2) is 0 Å². The van der Waals surface area contributed by atoms with Crippen molar-refractivity contribution in [3.05, 3.63) is 47.6 Å². The Kier molecular flexibility index (Phi) is 4.06. The van der Waals surface area contributed by atoms with E-state index >= 15 is 0 Å². The van der Waals surface area contributed by atoms with Gasteiger partial charge in [0.25, 0.3) is 11.8 Å². The van der Waals surface area contributed by atoms with Gasteiger partial charge in [0, 0.05) is 47.5 Å². The van der Waals surface area contributed by atoms with Crippen LogP contribution in [0.3, 0.4) is 0 Å². The largest absolute Gasteiger partial charge is 0.384 e. The fraction of sp³-hybridized carbons (Fsp3) is 0.188. The van der Waals surface area contributed by atoms with Crippen LogP contribution in [-0.2, 0) is 9.59 Å². The molecule has 3 rings (SSSR count). The van der Waals surface area contributed by atoms with E-state index in [1.165, 1.54) is 17.1 Å². The van der Waals surface area contributed by atoms with E-state index in [0.717, 1.165) is 16.6 Å². The van der Waals surface area contributed by atoms with Crippen molar-refractivity contribution in [2.75, 3.05) is 18.4 Å². The van der Waals surface area contributed by atoms with Crippen LogP contribution in [0.25, 0.3) is 10.9 Å². The molecule has 0 radical (unpaired) electrons. The molecule has 1 aromatic heterocycles. The normalized spacial score (nSPS) is 14.1. The van der Waals surface area contributed by atoms with Crippen LogP contribution in [0.5, 0.6) is 0 Å². The number of carbonyl (C=O) groups is 2. The minimum absolute atomic E-state index is 0.242. The Balaban J connectivity index is 1.60. The maximum absolute atomic E-state index is 11.4. The molecule has 1 aliphatic heterocycles. The lowest BCUT2D eigenvalue weighted by molar-refractivity contribution is -0.136. The van der Waals surface area contributed by atoms with E-state index in [-0.39, 0.29) is 11.8 Å². The first-order valence-electron chi connectivity index (χ1n) is 6.97. The van der Waals surface area contributed by atoms with Gasteiger partial charge < -0.3 is 5.32 Å². The third-order valence-corrected chi connectivity index (χ3v) is 3.71. The number of hydrogen-bond acceptors (Lipinski definition) is 4. The number of nitrogens with one attached hydrogen (secondary N) is 1. The molecule has 0 unspecified atom stereocenters. The number of rotatable bonds is 5. The Morgan fingerprint density at radius 3 is 2.68 bits per heavy atom. The van der Waals surface area contributed by atoms with Gasteiger partial charge in [0.2, 0.25) is 0 Å². The number of anilines is 1. The second-order valence-electron chi connectivity index (χ2n) is 4.96. The van der Waals surface area contributed by atoms with Gasteiger partial charge in [-0.15, -0.1) is 0 Å². The first-order valence-corrected chi connectivity index (χ1v) is 7.34. The Morgan fingerprint density at radius 2 is 1.91 bits per heavy atom. The summed E-state index contributed by atoms with van der Waals surface area (Å²) in [5, 5.41) is 4.94. The lowest BCUT2D eigenvalue weighted by Crippen LogP contribution is -2.31. The molecule has 0 aliphatic carbocycles. The van der Waals surface area contributed by atoms with Gasteiger partial charge in [-0.05, 0) is 30.7 Å². The molecule has 6 heteroatoms. The van der Waals surface area contributed by atoms with Gasteiger partial charge in [-0.3, -0.25) is 19.5 Å². The third kappa shape index (κ3) is 2.94. The minimum atomic E-state index is -0.242. The number of nitrogens with zero attached hydrogens (tertiary/aromatic N) is 2. The summed E-state index contributed by atoms with van der Waals surface area (Å²) in [5.41, 5.74) is 1.78. The molecule has 22 heavy (non-hydrogen) atoms. The first-order chi connectivity index (χ1) is 10.6. The standard InChI is InChI=1S/C16H14ClN3O2/c17-11-2-3-12-13(6-8-19-14(12)10-11)18-7-1-9-20-15(21)4-5-16(20)22/h2-6,8,10H,1,7,9H2,(H,18,19). The number of halogens is 1. The average Bonchev–Trinajstić information content (AvgIpc) is 2.82. The van der Waals surface area contributed by atoms with Crippen molar-refractivity contribution >= 4 is 40.0 Å². The van der Waals surface area contributed by atoms with Crippen molar-refractivity contribution in [2.24, 2.45) is 0 Å². The van der Waals surface area contributed by atoms with E-state index in [2.05, 4.69) is 10.3 Å². The number of hydrogen-bond donors (Lipinski definition) is 1. The molecule has 1 N–H and O–H groups in total. The molecule has 112 valence electrons. The van der Waals surface area contributed by atoms with Crippen LogP contribution in [-0.4, -0.2) is 34.8 Å². The highest BCUT2D eigenvalue weighted by atomic mass is 35.5. The van der Waals surface area contributed by atoms with Gasteiger partial charge in [0.05, 0.1) is 5.52 Å². The van der Waals surface area contributed by atoms with Gasteiger partial charge >= 0.3 is 0 Å². The zero-order valence-corrected chi connectivity index (χ0v) is 12.5. The Morgan fingerprint density at radius 1 is 1.14 bits per heavy atom. The second kappa shape index (κ2) is 6.15. The number of imide groups is 1. The number of fused-ring (bicyclic) bond motifs is 1. The Labute approximate surface area is 132 Å². The molecule has 2 aromatic rings. The van der Waals surface area contributed by atoms with Gasteiger partial charge in [0.1, 0.15) is 0 Å². The summed E-state index contributed by atoms with van der Waals surface area (Å²) >= 11 is 5.96. The monoisotopic (exact) mass is 315 g/mol. The van der Waals surface area contributed by atoms with Gasteiger partial charge in [-0.1, -0.05) is 11.6 Å². The van der Waals surface area contributed by atoms with Crippen LogP contribution in [0.1, 0.15) is 6.42 Å². The third-order valence-electron chi connectivity index (χ3n) is 3.48. The van der Waals surface area contributed by atoms with Gasteiger partial charge in [0.15, 0.2) is 0 Å². The van der Waals surface area contributed by atoms with Crippen molar-refractivity contribution in [1.29, 1.82) is 0 Å². The Bertz CT molecular complexity index is 755. The highest BCUT2D eigenvalue weighted by Crippen LogP contribution is 2.24. The molecule has 0 fully saturated rings. The summed E-state index contributed by atoms with van der Waals surface area (Å²) in [7, 11) is 0. The summed E-state index contributed by atoms with van der Waals surface area (Å²) in [6.07, 6.45) is 5.00. The molecule has 0 saturated carbocycles. The van der Waals surface area contributed by atoms with E-state index in [1.807, 2.05) is 24.3 Å². The zero-order chi connectivity index (χ0) is 15.5. The molecule has 0 atom stereocenters. The first kappa shape index (κ1) is 14.5. The van der Waals surface area contributed by atoms with E-state index < -0.39 is 0 Å². The molecule has 2 amide bonds. The molecule has 1 aromatic carbocycles. The van der Waals surface area contributed by atoms with Crippen molar-refractivity contribution in [3.63, 3.8) is 0 Å². The second-order valence-corrected chi connectivity index (χ2v) is 5.40. The molecular weight excluding hydrogens is 302 g/mol. The van der Waals surface area contributed by atoms with Crippen LogP contribution < -0.4 is 5.32 Å². The summed E-state index contributed by atoms with van der Waals surface area (Å²) < 4.78 is 0. The summed E-state index contributed by atoms with van der Waals surface area (Å²) in [6, 6.07) is 7.45. The molecule has 0 spiro atoms. The SMILES string of the molecule is O=C1C=CC(=O)N1CCCNc1ccnc2cc(Cl)ccc12. The van der Waals surface area contributed by atoms with E-state index in [1.54, 1.807) is 6.20 Å². The number of amides is 2. The van der Waals surface area contributed by atoms with Crippen LogP contribution >= 0.6 is 11.6 Å².